The molecule has 0 amide bonds. The summed E-state index contributed by atoms with van der Waals surface area (Å²) in [6.07, 6.45) is 0. The zero-order valence-electron chi connectivity index (χ0n) is 19.9. The molecule has 4 rings (SSSR count). The SMILES string of the molecule is COc1c(OC)c(OC(=O)c2ccccc2Cl)c2ccc(S(=O)c3ccc(Cl)cc3)cc2c1OC(C)=O. The molecule has 0 spiro atoms. The molecule has 4 aromatic carbocycles. The third-order valence-electron chi connectivity index (χ3n) is 5.28. The number of carbonyl (C=O) groups excluding carboxylic acids is 2. The number of carbonyl (C=O) groups is 2. The average molecular weight is 559 g/mol. The number of benzene rings is 4. The lowest BCUT2D eigenvalue weighted by Crippen LogP contribution is -2.12. The van der Waals surface area contributed by atoms with Crippen molar-refractivity contribution in [3.8, 4) is 23.0 Å². The Morgan fingerprint density at radius 3 is 1.92 bits per heavy atom. The third-order valence-corrected chi connectivity index (χ3v) is 7.25. The second kappa shape index (κ2) is 11.2. The van der Waals surface area contributed by atoms with Crippen molar-refractivity contribution in [1.29, 1.82) is 0 Å². The van der Waals surface area contributed by atoms with Gasteiger partial charge >= 0.3 is 11.9 Å². The molecule has 0 radical (unpaired) electrons. The van der Waals surface area contributed by atoms with E-state index in [0.717, 1.165) is 0 Å². The lowest BCUT2D eigenvalue weighted by molar-refractivity contribution is -0.131. The minimum atomic E-state index is -1.59. The molecule has 190 valence electrons. The number of halogens is 2. The van der Waals surface area contributed by atoms with Gasteiger partial charge in [-0.3, -0.25) is 4.79 Å². The Kier molecular flexibility index (Phi) is 8.02. The maximum absolute atomic E-state index is 13.3. The molecule has 1 atom stereocenters. The van der Waals surface area contributed by atoms with Crippen LogP contribution in [0.25, 0.3) is 10.8 Å². The fourth-order valence-electron chi connectivity index (χ4n) is 3.66. The first-order valence-corrected chi connectivity index (χ1v) is 12.7. The molecule has 0 N–H and O–H groups in total. The van der Waals surface area contributed by atoms with Crippen LogP contribution in [0.1, 0.15) is 17.3 Å². The molecule has 10 heteroatoms. The Bertz CT molecular complexity index is 1530. The van der Waals surface area contributed by atoms with Crippen LogP contribution in [0, 0.1) is 0 Å². The Labute approximate surface area is 225 Å². The van der Waals surface area contributed by atoms with Crippen LogP contribution in [-0.2, 0) is 15.6 Å². The number of hydrogen-bond acceptors (Lipinski definition) is 7. The first kappa shape index (κ1) is 26.5. The van der Waals surface area contributed by atoms with Gasteiger partial charge in [-0.05, 0) is 54.6 Å². The molecule has 4 aromatic rings. The molecule has 7 nitrogen and oxygen atoms in total. The van der Waals surface area contributed by atoms with E-state index in [1.165, 1.54) is 27.2 Å². The molecular weight excluding hydrogens is 539 g/mol. The molecule has 0 bridgehead atoms. The summed E-state index contributed by atoms with van der Waals surface area (Å²) in [4.78, 5) is 26.0. The van der Waals surface area contributed by atoms with Gasteiger partial charge in [0.15, 0.2) is 11.5 Å². The zero-order chi connectivity index (χ0) is 26.7. The van der Waals surface area contributed by atoms with Crippen LogP contribution in [0.4, 0.5) is 0 Å². The van der Waals surface area contributed by atoms with Crippen LogP contribution in [0.3, 0.4) is 0 Å². The predicted octanol–water partition coefficient (Wildman–Crippen LogP) is 6.48. The Balaban J connectivity index is 1.94. The number of rotatable bonds is 7. The molecule has 37 heavy (non-hydrogen) atoms. The van der Waals surface area contributed by atoms with Crippen molar-refractivity contribution in [3.05, 3.63) is 82.3 Å². The first-order chi connectivity index (χ1) is 17.7. The summed E-state index contributed by atoms with van der Waals surface area (Å²) < 4.78 is 35.6. The van der Waals surface area contributed by atoms with Crippen LogP contribution in [0.2, 0.25) is 10.0 Å². The summed E-state index contributed by atoms with van der Waals surface area (Å²) in [5.41, 5.74) is 0.142. The van der Waals surface area contributed by atoms with Crippen LogP contribution >= 0.6 is 23.2 Å². The van der Waals surface area contributed by atoms with Crippen LogP contribution < -0.4 is 18.9 Å². The lowest BCUT2D eigenvalue weighted by Gasteiger charge is -2.20. The van der Waals surface area contributed by atoms with Crippen molar-refractivity contribution in [2.24, 2.45) is 0 Å². The number of hydrogen-bond donors (Lipinski definition) is 0. The van der Waals surface area contributed by atoms with Crippen molar-refractivity contribution in [2.75, 3.05) is 14.2 Å². The van der Waals surface area contributed by atoms with E-state index >= 15 is 0 Å². The number of methoxy groups -OCH3 is 2. The summed E-state index contributed by atoms with van der Waals surface area (Å²) >= 11 is 12.1. The monoisotopic (exact) mass is 558 g/mol. The van der Waals surface area contributed by atoms with Gasteiger partial charge in [0.05, 0.1) is 35.6 Å². The Morgan fingerprint density at radius 1 is 0.730 bits per heavy atom. The van der Waals surface area contributed by atoms with Gasteiger partial charge < -0.3 is 18.9 Å². The molecule has 1 unspecified atom stereocenters. The maximum atomic E-state index is 13.3. The van der Waals surface area contributed by atoms with E-state index < -0.39 is 22.7 Å². The maximum Gasteiger partial charge on any atom is 0.345 e. The van der Waals surface area contributed by atoms with Crippen LogP contribution in [0.5, 0.6) is 23.0 Å². The van der Waals surface area contributed by atoms with Crippen molar-refractivity contribution < 1.29 is 32.7 Å². The van der Waals surface area contributed by atoms with Gasteiger partial charge in [0.1, 0.15) is 0 Å². The van der Waals surface area contributed by atoms with Crippen molar-refractivity contribution in [2.45, 2.75) is 16.7 Å². The molecule has 0 aliphatic carbocycles. The number of ether oxygens (including phenoxy) is 4. The molecule has 0 aliphatic heterocycles. The van der Waals surface area contributed by atoms with Crippen molar-refractivity contribution >= 4 is 56.7 Å². The van der Waals surface area contributed by atoms with Gasteiger partial charge in [0, 0.05) is 32.5 Å². The van der Waals surface area contributed by atoms with Gasteiger partial charge in [-0.2, -0.15) is 0 Å². The Hall–Kier alpha value is -3.59. The fourth-order valence-corrected chi connectivity index (χ4v) is 5.07. The van der Waals surface area contributed by atoms with Gasteiger partial charge in [0.25, 0.3) is 0 Å². The number of fused-ring (bicyclic) bond motifs is 1. The molecule has 0 heterocycles. The second-order valence-electron chi connectivity index (χ2n) is 7.62. The largest absolute Gasteiger partial charge is 0.490 e. The van der Waals surface area contributed by atoms with E-state index in [4.69, 9.17) is 42.1 Å². The molecule has 0 aromatic heterocycles. The second-order valence-corrected chi connectivity index (χ2v) is 9.94. The van der Waals surface area contributed by atoms with Crippen molar-refractivity contribution in [3.63, 3.8) is 0 Å². The molecule has 0 saturated carbocycles. The highest BCUT2D eigenvalue weighted by atomic mass is 35.5. The van der Waals surface area contributed by atoms with Crippen molar-refractivity contribution in [1.82, 2.24) is 0 Å². The predicted molar refractivity (Wildman–Crippen MR) is 141 cm³/mol. The summed E-state index contributed by atoms with van der Waals surface area (Å²) in [6, 6.07) is 17.8. The number of esters is 2. The summed E-state index contributed by atoms with van der Waals surface area (Å²) in [6.45, 7) is 1.23. The quantitative estimate of drug-likeness (QED) is 0.189. The minimum Gasteiger partial charge on any atom is -0.490 e. The highest BCUT2D eigenvalue weighted by molar-refractivity contribution is 7.85. The summed E-state index contributed by atoms with van der Waals surface area (Å²) in [5, 5.41) is 1.39. The highest BCUT2D eigenvalue weighted by Crippen LogP contribution is 2.51. The molecule has 0 fully saturated rings. The Morgan fingerprint density at radius 2 is 1.32 bits per heavy atom. The van der Waals surface area contributed by atoms with Gasteiger partial charge in [-0.25, -0.2) is 9.00 Å². The first-order valence-electron chi connectivity index (χ1n) is 10.8. The summed E-state index contributed by atoms with van der Waals surface area (Å²) in [5.74, 6) is -1.28. The van der Waals surface area contributed by atoms with Gasteiger partial charge in [-0.15, -0.1) is 0 Å². The average Bonchev–Trinajstić information content (AvgIpc) is 2.89. The topological polar surface area (TPSA) is 88.1 Å². The van der Waals surface area contributed by atoms with Gasteiger partial charge in [-0.1, -0.05) is 35.3 Å². The van der Waals surface area contributed by atoms with E-state index in [9.17, 15) is 13.8 Å². The molecule has 0 saturated heterocycles. The third kappa shape index (κ3) is 5.41. The van der Waals surface area contributed by atoms with E-state index in [-0.39, 0.29) is 33.6 Å². The van der Waals surface area contributed by atoms with Gasteiger partial charge in [0.2, 0.25) is 11.5 Å². The fraction of sp³-hybridized carbons (Fsp3) is 0.111. The minimum absolute atomic E-state index is 0.0130. The molecule has 0 aliphatic rings. The van der Waals surface area contributed by atoms with Crippen LogP contribution in [-0.4, -0.2) is 30.4 Å². The summed E-state index contributed by atoms with van der Waals surface area (Å²) in [7, 11) is 1.12. The van der Waals surface area contributed by atoms with E-state index in [0.29, 0.717) is 25.6 Å². The van der Waals surface area contributed by atoms with Crippen LogP contribution in [0.15, 0.2) is 76.5 Å². The highest BCUT2D eigenvalue weighted by Gasteiger charge is 2.28. The van der Waals surface area contributed by atoms with E-state index in [1.54, 1.807) is 60.7 Å². The van der Waals surface area contributed by atoms with E-state index in [2.05, 4.69) is 0 Å². The smallest absolute Gasteiger partial charge is 0.345 e. The lowest BCUT2D eigenvalue weighted by atomic mass is 10.1. The standard InChI is InChI=1S/C27H20Cl2O7S/c1-15(30)35-24-21-14-18(37(32)17-10-8-16(28)9-11-17)12-13-19(21)23(25(33-2)26(24)34-3)36-27(31)20-6-4-5-7-22(20)29/h4-14H,1-3H3. The molecular formula is C27H20Cl2O7S. The van der Waals surface area contributed by atoms with E-state index in [1.807, 2.05) is 0 Å². The zero-order valence-corrected chi connectivity index (χ0v) is 22.2. The normalized spacial score (nSPS) is 11.6.